The molecule has 1 aromatic rings. The van der Waals surface area contributed by atoms with Gasteiger partial charge in [-0.3, -0.25) is 9.59 Å². The number of rotatable bonds is 8. The van der Waals surface area contributed by atoms with Gasteiger partial charge < -0.3 is 15.0 Å². The number of nitrogens with one attached hydrogen (secondary N) is 1. The topological polar surface area (TPSA) is 58.6 Å². The molecule has 0 bridgehead atoms. The molecule has 1 aromatic carbocycles. The van der Waals surface area contributed by atoms with Crippen LogP contribution in [0.3, 0.4) is 0 Å². The molecule has 156 valence electrons. The van der Waals surface area contributed by atoms with Crippen molar-refractivity contribution in [2.45, 2.75) is 59.4 Å². The number of carbonyl (C=O) groups excluding carboxylic acids is 2. The van der Waals surface area contributed by atoms with E-state index in [0.29, 0.717) is 38.4 Å². The van der Waals surface area contributed by atoms with E-state index in [1.54, 1.807) is 0 Å². The molecule has 1 saturated heterocycles. The molecular weight excluding hydrogens is 376 g/mol. The molecule has 0 saturated carbocycles. The third kappa shape index (κ3) is 6.13. The number of carbonyl (C=O) groups is 2. The minimum absolute atomic E-state index is 0.0177. The number of alkyl halides is 1. The van der Waals surface area contributed by atoms with Gasteiger partial charge in [0.15, 0.2) is 0 Å². The Morgan fingerprint density at radius 1 is 1.21 bits per heavy atom. The highest BCUT2D eigenvalue weighted by atomic mass is 35.5. The Morgan fingerprint density at radius 3 is 2.39 bits per heavy atom. The van der Waals surface area contributed by atoms with E-state index in [9.17, 15) is 9.59 Å². The van der Waals surface area contributed by atoms with Crippen LogP contribution in [0.25, 0.3) is 0 Å². The Balaban J connectivity index is 1.69. The van der Waals surface area contributed by atoms with Crippen molar-refractivity contribution in [2.75, 3.05) is 25.6 Å². The van der Waals surface area contributed by atoms with Crippen LogP contribution >= 0.6 is 11.6 Å². The normalized spacial score (nSPS) is 15.4. The summed E-state index contributed by atoms with van der Waals surface area (Å²) in [6.45, 7) is 9.65. The van der Waals surface area contributed by atoms with Crippen LogP contribution in [0.5, 0.6) is 5.75 Å². The monoisotopic (exact) mass is 408 g/mol. The molecule has 28 heavy (non-hydrogen) atoms. The number of benzene rings is 1. The van der Waals surface area contributed by atoms with Crippen LogP contribution in [0.1, 0.15) is 50.7 Å². The van der Waals surface area contributed by atoms with Crippen LogP contribution in [-0.2, 0) is 9.59 Å². The van der Waals surface area contributed by atoms with Gasteiger partial charge in [-0.25, -0.2) is 0 Å². The summed E-state index contributed by atoms with van der Waals surface area (Å²) >= 11 is 5.86. The number of aryl methyl sites for hydroxylation is 2. The number of nitrogens with zero attached hydrogens (tertiary/aromatic N) is 1. The maximum Gasteiger partial charge on any atom is 0.227 e. The molecule has 2 amide bonds. The molecule has 1 aliphatic rings. The largest absolute Gasteiger partial charge is 0.493 e. The lowest BCUT2D eigenvalue weighted by Crippen LogP contribution is -2.49. The average Bonchev–Trinajstić information content (AvgIpc) is 2.67. The molecule has 1 N–H and O–H groups in total. The summed E-state index contributed by atoms with van der Waals surface area (Å²) < 4.78 is 5.88. The average molecular weight is 409 g/mol. The Kier molecular flexibility index (Phi) is 8.17. The summed E-state index contributed by atoms with van der Waals surface area (Å²) in [6.07, 6.45) is 2.76. The second-order valence-corrected chi connectivity index (χ2v) is 8.59. The third-order valence-corrected chi connectivity index (χ3v) is 5.99. The highest BCUT2D eigenvalue weighted by Crippen LogP contribution is 2.23. The van der Waals surface area contributed by atoms with Crippen LogP contribution in [0.15, 0.2) is 18.2 Å². The predicted octanol–water partition coefficient (Wildman–Crippen LogP) is 3.83. The van der Waals surface area contributed by atoms with Crippen LogP contribution in [0.4, 0.5) is 0 Å². The van der Waals surface area contributed by atoms with E-state index in [4.69, 9.17) is 16.3 Å². The quantitative estimate of drug-likeness (QED) is 0.525. The van der Waals surface area contributed by atoms with E-state index < -0.39 is 5.41 Å². The van der Waals surface area contributed by atoms with Crippen LogP contribution in [0, 0.1) is 19.3 Å². The summed E-state index contributed by atoms with van der Waals surface area (Å²) in [5.74, 6) is 1.36. The first kappa shape index (κ1) is 22.5. The number of para-hydroxylation sites is 1. The summed E-state index contributed by atoms with van der Waals surface area (Å²) in [5.41, 5.74) is 1.67. The maximum absolute atomic E-state index is 12.4. The lowest BCUT2D eigenvalue weighted by Gasteiger charge is -2.34. The fraction of sp³-hybridized carbons (Fsp3) is 0.636. The molecule has 1 aliphatic heterocycles. The van der Waals surface area contributed by atoms with Crippen molar-refractivity contribution >= 4 is 23.4 Å². The summed E-state index contributed by atoms with van der Waals surface area (Å²) in [4.78, 5) is 26.6. The molecular formula is C22H33ClN2O3. The van der Waals surface area contributed by atoms with Gasteiger partial charge >= 0.3 is 0 Å². The fourth-order valence-corrected chi connectivity index (χ4v) is 3.42. The number of amides is 2. The molecule has 0 aliphatic carbocycles. The first-order valence-corrected chi connectivity index (χ1v) is 10.6. The zero-order chi connectivity index (χ0) is 20.7. The molecule has 1 fully saturated rings. The van der Waals surface area contributed by atoms with Crippen LogP contribution in [0.2, 0.25) is 0 Å². The van der Waals surface area contributed by atoms with Gasteiger partial charge in [0.2, 0.25) is 11.8 Å². The highest BCUT2D eigenvalue weighted by Gasteiger charge is 2.30. The van der Waals surface area contributed by atoms with E-state index in [1.807, 2.05) is 50.8 Å². The van der Waals surface area contributed by atoms with Gasteiger partial charge in [-0.15, -0.1) is 11.6 Å². The summed E-state index contributed by atoms with van der Waals surface area (Å²) in [7, 11) is 0. The molecule has 6 heteroatoms. The Morgan fingerprint density at radius 2 is 1.82 bits per heavy atom. The van der Waals surface area contributed by atoms with E-state index in [-0.39, 0.29) is 17.9 Å². The van der Waals surface area contributed by atoms with Crippen molar-refractivity contribution in [3.63, 3.8) is 0 Å². The molecule has 0 aromatic heterocycles. The zero-order valence-electron chi connectivity index (χ0n) is 17.5. The number of likely N-dealkylation sites (tertiary alicyclic amines) is 1. The van der Waals surface area contributed by atoms with Crippen molar-refractivity contribution in [3.05, 3.63) is 29.3 Å². The van der Waals surface area contributed by atoms with E-state index in [2.05, 4.69) is 5.32 Å². The molecule has 2 rings (SSSR count). The molecule has 5 nitrogen and oxygen atoms in total. The number of piperidine rings is 1. The van der Waals surface area contributed by atoms with Crippen molar-refractivity contribution in [2.24, 2.45) is 5.41 Å². The molecule has 0 unspecified atom stereocenters. The number of ether oxygens (including phenoxy) is 1. The highest BCUT2D eigenvalue weighted by molar-refractivity contribution is 6.19. The molecule has 1 heterocycles. The third-order valence-electron chi connectivity index (χ3n) is 5.32. The summed E-state index contributed by atoms with van der Waals surface area (Å²) in [6, 6.07) is 6.20. The lowest BCUT2D eigenvalue weighted by molar-refractivity contribution is -0.133. The zero-order valence-corrected chi connectivity index (χ0v) is 18.3. The second kappa shape index (κ2) is 10.1. The van der Waals surface area contributed by atoms with Gasteiger partial charge in [0, 0.05) is 31.4 Å². The van der Waals surface area contributed by atoms with Crippen molar-refractivity contribution in [1.29, 1.82) is 0 Å². The SMILES string of the molecule is Cc1cccc(C)c1OCCCC(=O)N1CCC(NC(=O)C(C)(C)CCl)CC1. The van der Waals surface area contributed by atoms with Gasteiger partial charge in [-0.05, 0) is 58.1 Å². The standard InChI is InChI=1S/C22H33ClN2O3/c1-16-7-5-8-17(2)20(16)28-14-6-9-19(26)25-12-10-18(11-13-25)24-21(27)22(3,4)15-23/h5,7-8,18H,6,9-15H2,1-4H3,(H,24,27). The number of hydrogen-bond donors (Lipinski definition) is 1. The Bertz CT molecular complexity index is 662. The van der Waals surface area contributed by atoms with Gasteiger partial charge in [-0.1, -0.05) is 18.2 Å². The van der Waals surface area contributed by atoms with Crippen molar-refractivity contribution in [1.82, 2.24) is 10.2 Å². The minimum atomic E-state index is -0.566. The van der Waals surface area contributed by atoms with Gasteiger partial charge in [0.25, 0.3) is 0 Å². The number of halogens is 1. The maximum atomic E-state index is 12.4. The molecule has 0 spiro atoms. The van der Waals surface area contributed by atoms with Gasteiger partial charge in [-0.2, -0.15) is 0 Å². The smallest absolute Gasteiger partial charge is 0.227 e. The Hall–Kier alpha value is -1.75. The van der Waals surface area contributed by atoms with Gasteiger partial charge in [0.05, 0.1) is 12.0 Å². The van der Waals surface area contributed by atoms with E-state index in [0.717, 1.165) is 29.7 Å². The second-order valence-electron chi connectivity index (χ2n) is 8.32. The lowest BCUT2D eigenvalue weighted by atomic mass is 9.93. The molecule has 0 radical (unpaired) electrons. The van der Waals surface area contributed by atoms with E-state index >= 15 is 0 Å². The van der Waals surface area contributed by atoms with Gasteiger partial charge in [0.1, 0.15) is 5.75 Å². The number of hydrogen-bond acceptors (Lipinski definition) is 3. The van der Waals surface area contributed by atoms with E-state index in [1.165, 1.54) is 0 Å². The van der Waals surface area contributed by atoms with Crippen LogP contribution < -0.4 is 10.1 Å². The molecule has 0 atom stereocenters. The fourth-order valence-electron chi connectivity index (χ4n) is 3.30. The first-order chi connectivity index (χ1) is 13.2. The Labute approximate surface area is 173 Å². The van der Waals surface area contributed by atoms with Crippen molar-refractivity contribution in [3.8, 4) is 5.75 Å². The minimum Gasteiger partial charge on any atom is -0.493 e. The van der Waals surface area contributed by atoms with Crippen molar-refractivity contribution < 1.29 is 14.3 Å². The first-order valence-electron chi connectivity index (χ1n) is 10.1. The summed E-state index contributed by atoms with van der Waals surface area (Å²) in [5, 5.41) is 3.07. The predicted molar refractivity (Wildman–Crippen MR) is 113 cm³/mol. The van der Waals surface area contributed by atoms with Crippen LogP contribution in [-0.4, -0.2) is 48.3 Å².